The van der Waals surface area contributed by atoms with Gasteiger partial charge >= 0.3 is 11.9 Å². The van der Waals surface area contributed by atoms with Crippen LogP contribution in [0.1, 0.15) is 27.4 Å². The minimum atomic E-state index is -3.29. The van der Waals surface area contributed by atoms with Gasteiger partial charge in [-0.15, -0.1) is 17.9 Å². The topological polar surface area (TPSA) is 46.6 Å². The molecule has 0 saturated carbocycles. The lowest BCUT2D eigenvalue weighted by atomic mass is 10.2. The highest BCUT2D eigenvalue weighted by atomic mass is 32.1. The molecule has 2 heterocycles. The Labute approximate surface area is 131 Å². The number of ether oxygens (including phenoxy) is 1. The number of methoxy groups -OCH3 is 1. The van der Waals surface area contributed by atoms with Crippen molar-refractivity contribution < 1.29 is 23.1 Å². The molecule has 1 aromatic heterocycles. The van der Waals surface area contributed by atoms with E-state index in [4.69, 9.17) is 0 Å². The van der Waals surface area contributed by atoms with Crippen LogP contribution in [0, 0.1) is 0 Å². The Hall–Kier alpha value is -1.76. The van der Waals surface area contributed by atoms with Gasteiger partial charge in [-0.25, -0.2) is 4.79 Å². The standard InChI is InChI=1S/C15H17F2NO3S/c1-3-10-9-15(16,17)14(20)18(10)8-4-5-11-6-7-12(22-11)13(19)21-2/h3,6-7,10H,1,4-5,8-9H2,2H3/t10-/m0/s1. The van der Waals surface area contributed by atoms with Crippen LogP contribution in [0.15, 0.2) is 24.8 Å². The van der Waals surface area contributed by atoms with E-state index in [-0.39, 0.29) is 6.54 Å². The molecule has 0 aromatic carbocycles. The fraction of sp³-hybridized carbons (Fsp3) is 0.467. The molecule has 1 aromatic rings. The van der Waals surface area contributed by atoms with Crippen molar-refractivity contribution in [2.24, 2.45) is 0 Å². The number of thiophene rings is 1. The average molecular weight is 329 g/mol. The van der Waals surface area contributed by atoms with E-state index < -0.39 is 30.3 Å². The number of carbonyl (C=O) groups excluding carboxylic acids is 2. The molecule has 0 aliphatic carbocycles. The maximum atomic E-state index is 13.4. The summed E-state index contributed by atoms with van der Waals surface area (Å²) in [7, 11) is 1.32. The third kappa shape index (κ3) is 3.35. The molecule has 0 spiro atoms. The van der Waals surface area contributed by atoms with Crippen molar-refractivity contribution in [2.75, 3.05) is 13.7 Å². The first-order valence-electron chi connectivity index (χ1n) is 6.87. The van der Waals surface area contributed by atoms with E-state index in [0.717, 1.165) is 4.88 Å². The molecule has 120 valence electrons. The zero-order chi connectivity index (χ0) is 16.3. The molecule has 1 aliphatic rings. The molecule has 0 radical (unpaired) electrons. The van der Waals surface area contributed by atoms with Gasteiger partial charge in [-0.3, -0.25) is 4.79 Å². The first kappa shape index (κ1) is 16.6. The van der Waals surface area contributed by atoms with Gasteiger partial charge in [0.25, 0.3) is 5.91 Å². The number of alkyl halides is 2. The smallest absolute Gasteiger partial charge is 0.348 e. The van der Waals surface area contributed by atoms with E-state index in [0.29, 0.717) is 17.7 Å². The molecule has 1 amide bonds. The summed E-state index contributed by atoms with van der Waals surface area (Å²) < 4.78 is 31.5. The number of rotatable bonds is 6. The first-order valence-corrected chi connectivity index (χ1v) is 7.69. The van der Waals surface area contributed by atoms with E-state index in [1.165, 1.54) is 29.4 Å². The Morgan fingerprint density at radius 1 is 1.59 bits per heavy atom. The van der Waals surface area contributed by atoms with E-state index >= 15 is 0 Å². The molecule has 1 saturated heterocycles. The largest absolute Gasteiger partial charge is 0.465 e. The second kappa shape index (κ2) is 6.56. The van der Waals surface area contributed by atoms with Gasteiger partial charge in [0.15, 0.2) is 0 Å². The first-order chi connectivity index (χ1) is 10.4. The summed E-state index contributed by atoms with van der Waals surface area (Å²) in [6, 6.07) is 2.87. The van der Waals surface area contributed by atoms with Crippen molar-refractivity contribution >= 4 is 23.2 Å². The summed E-state index contributed by atoms with van der Waals surface area (Å²) in [5, 5.41) is 0. The maximum Gasteiger partial charge on any atom is 0.348 e. The zero-order valence-corrected chi connectivity index (χ0v) is 13.0. The quantitative estimate of drug-likeness (QED) is 0.595. The third-order valence-electron chi connectivity index (χ3n) is 3.58. The second-order valence-corrected chi connectivity index (χ2v) is 6.24. The summed E-state index contributed by atoms with van der Waals surface area (Å²) in [4.78, 5) is 25.6. The molecule has 0 unspecified atom stereocenters. The van der Waals surface area contributed by atoms with Crippen LogP contribution in [0.5, 0.6) is 0 Å². The van der Waals surface area contributed by atoms with E-state index in [1.54, 1.807) is 6.07 Å². The fourth-order valence-electron chi connectivity index (χ4n) is 2.45. The molecule has 22 heavy (non-hydrogen) atoms. The Morgan fingerprint density at radius 3 is 2.95 bits per heavy atom. The van der Waals surface area contributed by atoms with Crippen molar-refractivity contribution in [3.05, 3.63) is 34.5 Å². The predicted molar refractivity (Wildman–Crippen MR) is 79.2 cm³/mol. The molecule has 1 atom stereocenters. The molecule has 1 aliphatic heterocycles. The highest BCUT2D eigenvalue weighted by Gasteiger charge is 2.52. The van der Waals surface area contributed by atoms with Gasteiger partial charge < -0.3 is 9.64 Å². The minimum Gasteiger partial charge on any atom is -0.465 e. The molecule has 0 N–H and O–H groups in total. The summed E-state index contributed by atoms with van der Waals surface area (Å²) in [6.45, 7) is 3.76. The Balaban J connectivity index is 1.90. The zero-order valence-electron chi connectivity index (χ0n) is 12.2. The van der Waals surface area contributed by atoms with Gasteiger partial charge in [-0.1, -0.05) is 6.08 Å². The maximum absolute atomic E-state index is 13.4. The Kier molecular flexibility index (Phi) is 4.95. The van der Waals surface area contributed by atoms with Crippen LogP contribution >= 0.6 is 11.3 Å². The van der Waals surface area contributed by atoms with Crippen LogP contribution in [-0.2, 0) is 16.0 Å². The lowest BCUT2D eigenvalue weighted by Crippen LogP contribution is -2.36. The number of aryl methyl sites for hydroxylation is 1. The molecule has 7 heteroatoms. The van der Waals surface area contributed by atoms with Crippen LogP contribution < -0.4 is 0 Å². The van der Waals surface area contributed by atoms with E-state index in [1.807, 2.05) is 6.07 Å². The summed E-state index contributed by atoms with van der Waals surface area (Å²) in [6.07, 6.45) is 2.05. The van der Waals surface area contributed by atoms with Gasteiger partial charge in [0.05, 0.1) is 13.2 Å². The van der Waals surface area contributed by atoms with Crippen molar-refractivity contribution in [1.82, 2.24) is 4.90 Å². The van der Waals surface area contributed by atoms with Crippen LogP contribution in [0.3, 0.4) is 0 Å². The van der Waals surface area contributed by atoms with Crippen LogP contribution in [0.25, 0.3) is 0 Å². The third-order valence-corrected chi connectivity index (χ3v) is 4.71. The molecule has 4 nitrogen and oxygen atoms in total. The normalized spacial score (nSPS) is 20.2. The summed E-state index contributed by atoms with van der Waals surface area (Å²) in [5.41, 5.74) is 0. The van der Waals surface area contributed by atoms with Gasteiger partial charge in [0.2, 0.25) is 0 Å². The second-order valence-electron chi connectivity index (χ2n) is 5.07. The molecular formula is C15H17F2NO3S. The number of halogens is 2. The van der Waals surface area contributed by atoms with Gasteiger partial charge in [0.1, 0.15) is 4.88 Å². The Morgan fingerprint density at radius 2 is 2.32 bits per heavy atom. The van der Waals surface area contributed by atoms with Crippen molar-refractivity contribution in [1.29, 1.82) is 0 Å². The molecule has 1 fully saturated rings. The monoisotopic (exact) mass is 329 g/mol. The molecule has 0 bridgehead atoms. The fourth-order valence-corrected chi connectivity index (χ4v) is 3.41. The van der Waals surface area contributed by atoms with Crippen molar-refractivity contribution in [3.8, 4) is 0 Å². The number of amides is 1. The Bertz CT molecular complexity index is 585. The lowest BCUT2D eigenvalue weighted by molar-refractivity contribution is -0.148. The molecular weight excluding hydrogens is 312 g/mol. The summed E-state index contributed by atoms with van der Waals surface area (Å²) >= 11 is 1.31. The van der Waals surface area contributed by atoms with Gasteiger partial charge in [0, 0.05) is 17.8 Å². The molecule has 2 rings (SSSR count). The van der Waals surface area contributed by atoms with Gasteiger partial charge in [-0.2, -0.15) is 8.78 Å². The minimum absolute atomic E-state index is 0.247. The number of carbonyl (C=O) groups is 2. The number of hydrogen-bond acceptors (Lipinski definition) is 4. The van der Waals surface area contributed by atoms with Crippen molar-refractivity contribution in [2.45, 2.75) is 31.2 Å². The van der Waals surface area contributed by atoms with Gasteiger partial charge in [-0.05, 0) is 25.0 Å². The van der Waals surface area contributed by atoms with Crippen LogP contribution in [0.2, 0.25) is 0 Å². The number of likely N-dealkylation sites (tertiary alicyclic amines) is 1. The number of hydrogen-bond donors (Lipinski definition) is 0. The highest BCUT2D eigenvalue weighted by molar-refractivity contribution is 7.13. The van der Waals surface area contributed by atoms with E-state index in [9.17, 15) is 18.4 Å². The summed E-state index contributed by atoms with van der Waals surface area (Å²) in [5.74, 6) is -4.81. The predicted octanol–water partition coefficient (Wildman–Crippen LogP) is 2.89. The van der Waals surface area contributed by atoms with E-state index in [2.05, 4.69) is 11.3 Å². The van der Waals surface area contributed by atoms with Crippen molar-refractivity contribution in [3.63, 3.8) is 0 Å². The average Bonchev–Trinajstić information content (AvgIpc) is 3.04. The lowest BCUT2D eigenvalue weighted by Gasteiger charge is -2.21. The van der Waals surface area contributed by atoms with Crippen LogP contribution in [0.4, 0.5) is 8.78 Å². The van der Waals surface area contributed by atoms with Crippen LogP contribution in [-0.4, -0.2) is 42.4 Å². The number of nitrogens with zero attached hydrogens (tertiary/aromatic N) is 1. The number of esters is 1. The SMILES string of the molecule is C=C[C@H]1CC(F)(F)C(=O)N1CCCc1ccc(C(=O)OC)s1. The highest BCUT2D eigenvalue weighted by Crippen LogP contribution is 2.34.